The first kappa shape index (κ1) is 26.1. The van der Waals surface area contributed by atoms with Gasteiger partial charge in [0.25, 0.3) is 5.91 Å². The van der Waals surface area contributed by atoms with E-state index in [1.54, 1.807) is 36.4 Å². The molecule has 3 fully saturated rings. The number of furan rings is 1. The molecular formula is C26H30BrN3O6. The first-order valence-corrected chi connectivity index (χ1v) is 12.0. The molecule has 0 spiro atoms. The van der Waals surface area contributed by atoms with Crippen molar-refractivity contribution >= 4 is 17.7 Å². The number of carbonyl (C=O) groups is 2. The number of nitrogens with zero attached hydrogens (tertiary/aromatic N) is 2. The lowest BCUT2D eigenvalue weighted by Crippen LogP contribution is -3.00. The van der Waals surface area contributed by atoms with Crippen LogP contribution in [0.2, 0.25) is 0 Å². The molecule has 2 atom stereocenters. The molecule has 2 bridgehead atoms. The molecule has 10 heteroatoms. The van der Waals surface area contributed by atoms with Crippen LogP contribution in [0.25, 0.3) is 0 Å². The standard InChI is InChI=1S/C26H29N3O6.BrH/c1-2-21-14-23(28-35-21)27-24(30)16-29-11-8-18(9-12-29)22(15-29)34-25(31)26(32,20-10-13-33-17-20)19-6-4-3-5-7-19;/h3-7,10,13-14,17-18,22,32H,2,8-9,11-12,15-16H2,1H3;1H/t18?,22-,26?,29?;/m0./s1. The minimum atomic E-state index is -1.98. The largest absolute Gasteiger partial charge is 1.00 e. The van der Waals surface area contributed by atoms with Crippen LogP contribution in [0.15, 0.2) is 63.9 Å². The number of quaternary nitrogens is 1. The molecule has 1 unspecified atom stereocenters. The Hall–Kier alpha value is -2.95. The van der Waals surface area contributed by atoms with Crippen LogP contribution in [-0.4, -0.2) is 58.9 Å². The van der Waals surface area contributed by atoms with Gasteiger partial charge in [-0.2, -0.15) is 0 Å². The summed E-state index contributed by atoms with van der Waals surface area (Å²) < 4.78 is 16.9. The van der Waals surface area contributed by atoms with Crippen LogP contribution in [0.4, 0.5) is 5.82 Å². The summed E-state index contributed by atoms with van der Waals surface area (Å²) in [6.45, 7) is 4.43. The van der Waals surface area contributed by atoms with E-state index in [1.165, 1.54) is 12.5 Å². The predicted octanol–water partition coefficient (Wildman–Crippen LogP) is -0.139. The van der Waals surface area contributed by atoms with Gasteiger partial charge in [-0.25, -0.2) is 4.79 Å². The zero-order valence-corrected chi connectivity index (χ0v) is 21.6. The Morgan fingerprint density at radius 2 is 1.94 bits per heavy atom. The molecule has 0 radical (unpaired) electrons. The van der Waals surface area contributed by atoms with Crippen molar-refractivity contribution in [2.75, 3.05) is 31.5 Å². The molecule has 5 heterocycles. The molecule has 3 aliphatic rings. The van der Waals surface area contributed by atoms with Gasteiger partial charge in [0, 0.05) is 36.8 Å². The maximum Gasteiger partial charge on any atom is 0.348 e. The highest BCUT2D eigenvalue weighted by molar-refractivity contribution is 5.90. The quantitative estimate of drug-likeness (QED) is 0.291. The Bertz CT molecular complexity index is 1170. The van der Waals surface area contributed by atoms with Gasteiger partial charge in [-0.1, -0.05) is 42.4 Å². The van der Waals surface area contributed by atoms with Crippen molar-refractivity contribution in [1.82, 2.24) is 5.16 Å². The average molecular weight is 560 g/mol. The van der Waals surface area contributed by atoms with Crippen molar-refractivity contribution < 1.29 is 49.8 Å². The first-order valence-electron chi connectivity index (χ1n) is 12.0. The van der Waals surface area contributed by atoms with Crippen LogP contribution in [0, 0.1) is 5.92 Å². The van der Waals surface area contributed by atoms with E-state index >= 15 is 0 Å². The monoisotopic (exact) mass is 559 g/mol. The third-order valence-corrected chi connectivity index (χ3v) is 7.38. The van der Waals surface area contributed by atoms with E-state index < -0.39 is 17.7 Å². The first-order chi connectivity index (χ1) is 16.9. The number of carbonyl (C=O) groups excluding carboxylic acids is 2. The molecule has 3 aromatic rings. The smallest absolute Gasteiger partial charge is 0.348 e. The van der Waals surface area contributed by atoms with Gasteiger partial charge >= 0.3 is 5.97 Å². The van der Waals surface area contributed by atoms with Crippen molar-refractivity contribution in [2.45, 2.75) is 37.9 Å². The summed E-state index contributed by atoms with van der Waals surface area (Å²) in [6.07, 6.45) is 4.79. The molecule has 6 rings (SSSR count). The van der Waals surface area contributed by atoms with Crippen LogP contribution in [0.1, 0.15) is 36.7 Å². The molecule has 2 aromatic heterocycles. The SMILES string of the molecule is CCc1cc(NC(=O)C[N+]23CCC(CC2)[C@@H](OC(=O)C(O)(c2ccccc2)c2ccoc2)C3)no1.[Br-]. The van der Waals surface area contributed by atoms with Gasteiger partial charge < -0.3 is 45.6 Å². The van der Waals surface area contributed by atoms with Crippen molar-refractivity contribution in [3.05, 3.63) is 71.9 Å². The van der Waals surface area contributed by atoms with Crippen molar-refractivity contribution in [2.24, 2.45) is 5.92 Å². The van der Waals surface area contributed by atoms with Crippen molar-refractivity contribution in [3.8, 4) is 0 Å². The molecular weight excluding hydrogens is 530 g/mol. The van der Waals surface area contributed by atoms with Gasteiger partial charge in [-0.3, -0.25) is 4.79 Å². The molecule has 2 N–H and O–H groups in total. The Kier molecular flexibility index (Phi) is 7.67. The fraction of sp³-hybridized carbons (Fsp3) is 0.423. The highest BCUT2D eigenvalue weighted by Gasteiger charge is 2.51. The summed E-state index contributed by atoms with van der Waals surface area (Å²) in [4.78, 5) is 26.3. The molecule has 192 valence electrons. The minimum Gasteiger partial charge on any atom is -1.00 e. The van der Waals surface area contributed by atoms with Crippen LogP contribution < -0.4 is 22.3 Å². The number of esters is 1. The number of ether oxygens (including phenoxy) is 1. The highest BCUT2D eigenvalue weighted by atomic mass is 79.9. The molecule has 3 saturated heterocycles. The Morgan fingerprint density at radius 3 is 2.58 bits per heavy atom. The third-order valence-electron chi connectivity index (χ3n) is 7.38. The summed E-state index contributed by atoms with van der Waals surface area (Å²) in [6, 6.07) is 12.0. The second kappa shape index (κ2) is 10.6. The lowest BCUT2D eigenvalue weighted by molar-refractivity contribution is -0.939. The maximum absolute atomic E-state index is 13.5. The van der Waals surface area contributed by atoms with Gasteiger partial charge in [0.15, 0.2) is 18.5 Å². The van der Waals surface area contributed by atoms with Gasteiger partial charge in [-0.05, 0) is 11.6 Å². The van der Waals surface area contributed by atoms with Gasteiger partial charge in [-0.15, -0.1) is 0 Å². The number of hydrogen-bond acceptors (Lipinski definition) is 7. The Balaban J connectivity index is 0.00000304. The van der Waals surface area contributed by atoms with Crippen LogP contribution in [0.3, 0.4) is 0 Å². The molecule has 9 nitrogen and oxygen atoms in total. The topological polar surface area (TPSA) is 115 Å². The number of piperidine rings is 3. The number of aromatic nitrogens is 1. The lowest BCUT2D eigenvalue weighted by atomic mass is 9.82. The number of halogens is 1. The zero-order valence-electron chi connectivity index (χ0n) is 20.1. The van der Waals surface area contributed by atoms with E-state index in [-0.39, 0.29) is 35.4 Å². The molecule has 3 aliphatic heterocycles. The Morgan fingerprint density at radius 1 is 1.19 bits per heavy atom. The number of amides is 1. The van der Waals surface area contributed by atoms with Crippen LogP contribution in [0.5, 0.6) is 0 Å². The molecule has 0 aliphatic carbocycles. The zero-order chi connectivity index (χ0) is 24.5. The molecule has 36 heavy (non-hydrogen) atoms. The third kappa shape index (κ3) is 4.98. The summed E-state index contributed by atoms with van der Waals surface area (Å²) in [5.74, 6) is 0.440. The average Bonchev–Trinajstić information content (AvgIpc) is 3.57. The number of aliphatic hydroxyl groups is 1. The highest BCUT2D eigenvalue weighted by Crippen LogP contribution is 2.38. The number of benzene rings is 1. The molecule has 1 aromatic carbocycles. The summed E-state index contributed by atoms with van der Waals surface area (Å²) in [5.41, 5.74) is -1.25. The second-order valence-corrected chi connectivity index (χ2v) is 9.58. The lowest BCUT2D eigenvalue weighted by Gasteiger charge is -2.51. The van der Waals surface area contributed by atoms with E-state index in [0.29, 0.717) is 40.2 Å². The minimum absolute atomic E-state index is 0. The number of nitrogens with one attached hydrogen (secondary N) is 1. The number of aryl methyl sites for hydroxylation is 1. The fourth-order valence-corrected chi connectivity index (χ4v) is 5.38. The van der Waals surface area contributed by atoms with E-state index in [0.717, 1.165) is 25.9 Å². The summed E-state index contributed by atoms with van der Waals surface area (Å²) >= 11 is 0. The second-order valence-electron chi connectivity index (χ2n) is 9.58. The van der Waals surface area contributed by atoms with Gasteiger partial charge in [0.1, 0.15) is 12.3 Å². The fourth-order valence-electron chi connectivity index (χ4n) is 5.38. The Labute approximate surface area is 219 Å². The van der Waals surface area contributed by atoms with Gasteiger partial charge in [0.05, 0.1) is 25.6 Å². The van der Waals surface area contributed by atoms with E-state index in [4.69, 9.17) is 13.7 Å². The number of fused-ring (bicyclic) bond motifs is 3. The predicted molar refractivity (Wildman–Crippen MR) is 125 cm³/mol. The van der Waals surface area contributed by atoms with E-state index in [9.17, 15) is 14.7 Å². The van der Waals surface area contributed by atoms with Crippen LogP contribution in [-0.2, 0) is 26.3 Å². The molecule has 0 saturated carbocycles. The van der Waals surface area contributed by atoms with Crippen molar-refractivity contribution in [1.29, 1.82) is 0 Å². The number of hydrogen-bond donors (Lipinski definition) is 2. The van der Waals surface area contributed by atoms with E-state index in [1.807, 2.05) is 13.0 Å². The number of rotatable bonds is 8. The summed E-state index contributed by atoms with van der Waals surface area (Å²) in [5, 5.41) is 18.3. The van der Waals surface area contributed by atoms with Crippen molar-refractivity contribution in [3.63, 3.8) is 0 Å². The van der Waals surface area contributed by atoms with Crippen LogP contribution >= 0.6 is 0 Å². The van der Waals surface area contributed by atoms with Gasteiger partial charge in [0.2, 0.25) is 5.60 Å². The van der Waals surface area contributed by atoms with E-state index in [2.05, 4.69) is 10.5 Å². The normalized spacial score (nSPS) is 24.4. The molecule has 1 amide bonds. The number of anilines is 1. The summed E-state index contributed by atoms with van der Waals surface area (Å²) in [7, 11) is 0. The maximum atomic E-state index is 13.5.